The molecule has 0 radical (unpaired) electrons. The molecule has 0 saturated heterocycles. The summed E-state index contributed by atoms with van der Waals surface area (Å²) < 4.78 is 5.51. The van der Waals surface area contributed by atoms with E-state index in [2.05, 4.69) is 19.2 Å². The fourth-order valence-electron chi connectivity index (χ4n) is 3.00. The molecule has 2 aromatic rings. The lowest BCUT2D eigenvalue weighted by molar-refractivity contribution is -0.127. The van der Waals surface area contributed by atoms with Crippen molar-refractivity contribution < 1.29 is 24.2 Å². The number of nitrogens with zero attached hydrogens (tertiary/aromatic N) is 1. The molecular weight excluding hydrogens is 360 g/mol. The van der Waals surface area contributed by atoms with Crippen molar-refractivity contribution in [2.24, 2.45) is 0 Å². The summed E-state index contributed by atoms with van der Waals surface area (Å²) in [6.45, 7) is 5.55. The number of benzene rings is 2. The molecule has 7 heteroatoms. The lowest BCUT2D eigenvalue weighted by atomic mass is 10.0. The number of carbonyl (C=O) groups is 3. The zero-order valence-electron chi connectivity index (χ0n) is 15.9. The van der Waals surface area contributed by atoms with E-state index in [1.165, 1.54) is 28.7 Å². The molecule has 1 aliphatic heterocycles. The van der Waals surface area contributed by atoms with Crippen LogP contribution < -0.4 is 15.0 Å². The van der Waals surface area contributed by atoms with Crippen LogP contribution in [-0.2, 0) is 9.59 Å². The molecule has 0 fully saturated rings. The van der Waals surface area contributed by atoms with Gasteiger partial charge in [-0.05, 0) is 48.7 Å². The number of anilines is 2. The Morgan fingerprint density at radius 1 is 1.18 bits per heavy atom. The Kier molecular flexibility index (Phi) is 5.35. The van der Waals surface area contributed by atoms with E-state index in [0.717, 1.165) is 0 Å². The first-order valence-electron chi connectivity index (χ1n) is 9.01. The number of fused-ring (bicyclic) bond motifs is 1. The van der Waals surface area contributed by atoms with E-state index < -0.39 is 12.1 Å². The smallest absolute Gasteiger partial charge is 0.335 e. The molecule has 0 saturated carbocycles. The second kappa shape index (κ2) is 7.72. The van der Waals surface area contributed by atoms with Crippen LogP contribution in [0.2, 0.25) is 0 Å². The molecule has 1 unspecified atom stereocenters. The molecule has 146 valence electrons. The first-order valence-corrected chi connectivity index (χ1v) is 9.01. The van der Waals surface area contributed by atoms with Crippen LogP contribution in [0.5, 0.6) is 5.75 Å². The van der Waals surface area contributed by atoms with Gasteiger partial charge in [0.15, 0.2) is 6.10 Å². The summed E-state index contributed by atoms with van der Waals surface area (Å²) in [7, 11) is 0. The van der Waals surface area contributed by atoms with Crippen LogP contribution >= 0.6 is 0 Å². The SMILES string of the molecule is CC1Oc2cc(C(=O)O)ccc2N(CC(=O)Nc2ccc(C(C)C)cc2)C1=O. The fourth-order valence-corrected chi connectivity index (χ4v) is 3.00. The topological polar surface area (TPSA) is 95.9 Å². The van der Waals surface area contributed by atoms with Gasteiger partial charge in [0.1, 0.15) is 12.3 Å². The maximum Gasteiger partial charge on any atom is 0.335 e. The minimum atomic E-state index is -1.09. The second-order valence-electron chi connectivity index (χ2n) is 7.00. The third-order valence-corrected chi connectivity index (χ3v) is 4.58. The quantitative estimate of drug-likeness (QED) is 0.827. The van der Waals surface area contributed by atoms with Gasteiger partial charge in [-0.3, -0.25) is 14.5 Å². The zero-order chi connectivity index (χ0) is 20.4. The third kappa shape index (κ3) is 3.98. The largest absolute Gasteiger partial charge is 0.479 e. The Bertz CT molecular complexity index is 921. The first kappa shape index (κ1) is 19.4. The van der Waals surface area contributed by atoms with Crippen LogP contribution in [0.15, 0.2) is 42.5 Å². The summed E-state index contributed by atoms with van der Waals surface area (Å²) in [6.07, 6.45) is -0.810. The molecule has 0 aliphatic carbocycles. The summed E-state index contributed by atoms with van der Waals surface area (Å²) in [5, 5.41) is 11.9. The normalized spacial score (nSPS) is 15.8. The predicted molar refractivity (Wildman–Crippen MR) is 105 cm³/mol. The average Bonchev–Trinajstić information content (AvgIpc) is 2.65. The monoisotopic (exact) mass is 382 g/mol. The standard InChI is InChI=1S/C21H22N2O5/c1-12(2)14-4-7-16(8-5-14)22-19(24)11-23-17-9-6-15(21(26)27)10-18(17)28-13(3)20(23)25/h4-10,12-13H,11H2,1-3H3,(H,22,24)(H,26,27). The molecule has 1 heterocycles. The maximum absolute atomic E-state index is 12.5. The number of rotatable bonds is 5. The van der Waals surface area contributed by atoms with Crippen molar-refractivity contribution >= 4 is 29.2 Å². The van der Waals surface area contributed by atoms with Crippen molar-refractivity contribution in [1.29, 1.82) is 0 Å². The van der Waals surface area contributed by atoms with Gasteiger partial charge in [0, 0.05) is 5.69 Å². The number of hydrogen-bond donors (Lipinski definition) is 2. The van der Waals surface area contributed by atoms with Crippen LogP contribution in [-0.4, -0.2) is 35.5 Å². The number of nitrogens with one attached hydrogen (secondary N) is 1. The van der Waals surface area contributed by atoms with Gasteiger partial charge < -0.3 is 15.2 Å². The van der Waals surface area contributed by atoms with E-state index in [-0.39, 0.29) is 29.7 Å². The van der Waals surface area contributed by atoms with Gasteiger partial charge in [0.05, 0.1) is 11.3 Å². The average molecular weight is 382 g/mol. The first-order chi connectivity index (χ1) is 13.3. The molecule has 1 atom stereocenters. The van der Waals surface area contributed by atoms with Gasteiger partial charge in [-0.2, -0.15) is 0 Å². The van der Waals surface area contributed by atoms with E-state index in [1.54, 1.807) is 6.92 Å². The predicted octanol–water partition coefficient (Wildman–Crippen LogP) is 3.26. The molecule has 2 N–H and O–H groups in total. The van der Waals surface area contributed by atoms with Crippen molar-refractivity contribution in [2.45, 2.75) is 32.8 Å². The van der Waals surface area contributed by atoms with E-state index in [9.17, 15) is 14.4 Å². The number of ether oxygens (including phenoxy) is 1. The van der Waals surface area contributed by atoms with Crippen LogP contribution in [0.3, 0.4) is 0 Å². The molecule has 28 heavy (non-hydrogen) atoms. The molecule has 7 nitrogen and oxygen atoms in total. The molecule has 0 spiro atoms. The van der Waals surface area contributed by atoms with Gasteiger partial charge in [-0.15, -0.1) is 0 Å². The number of carbonyl (C=O) groups excluding carboxylic acids is 2. The highest BCUT2D eigenvalue weighted by molar-refractivity contribution is 6.06. The van der Waals surface area contributed by atoms with Crippen LogP contribution in [0, 0.1) is 0 Å². The van der Waals surface area contributed by atoms with Crippen molar-refractivity contribution in [1.82, 2.24) is 0 Å². The fraction of sp³-hybridized carbons (Fsp3) is 0.286. The van der Waals surface area contributed by atoms with Gasteiger partial charge in [-0.25, -0.2) is 4.79 Å². The maximum atomic E-state index is 12.5. The summed E-state index contributed by atoms with van der Waals surface area (Å²) in [4.78, 5) is 37.5. The lowest BCUT2D eigenvalue weighted by Crippen LogP contribution is -2.47. The summed E-state index contributed by atoms with van der Waals surface area (Å²) >= 11 is 0. The highest BCUT2D eigenvalue weighted by Gasteiger charge is 2.33. The molecule has 1 aliphatic rings. The molecule has 2 aromatic carbocycles. The lowest BCUT2D eigenvalue weighted by Gasteiger charge is -2.32. The Morgan fingerprint density at radius 3 is 2.46 bits per heavy atom. The minimum Gasteiger partial charge on any atom is -0.479 e. The molecule has 2 amide bonds. The van der Waals surface area contributed by atoms with Gasteiger partial charge >= 0.3 is 5.97 Å². The molecule has 0 aromatic heterocycles. The van der Waals surface area contributed by atoms with E-state index in [1.807, 2.05) is 24.3 Å². The number of carboxylic acid groups (broad SMARTS) is 1. The molecule has 0 bridgehead atoms. The van der Waals surface area contributed by atoms with E-state index in [0.29, 0.717) is 17.3 Å². The van der Waals surface area contributed by atoms with Gasteiger partial charge in [0.25, 0.3) is 5.91 Å². The van der Waals surface area contributed by atoms with Crippen LogP contribution in [0.4, 0.5) is 11.4 Å². The van der Waals surface area contributed by atoms with E-state index in [4.69, 9.17) is 9.84 Å². The zero-order valence-corrected chi connectivity index (χ0v) is 15.9. The summed E-state index contributed by atoms with van der Waals surface area (Å²) in [5.74, 6) is -1.15. The Morgan fingerprint density at radius 2 is 1.86 bits per heavy atom. The van der Waals surface area contributed by atoms with Gasteiger partial charge in [0.2, 0.25) is 5.91 Å². The van der Waals surface area contributed by atoms with Crippen molar-refractivity contribution in [2.75, 3.05) is 16.8 Å². The number of amides is 2. The molecule has 3 rings (SSSR count). The Balaban J connectivity index is 1.78. The van der Waals surface area contributed by atoms with Crippen molar-refractivity contribution in [3.8, 4) is 5.75 Å². The van der Waals surface area contributed by atoms with Crippen LogP contribution in [0.25, 0.3) is 0 Å². The number of hydrogen-bond acceptors (Lipinski definition) is 4. The summed E-state index contributed by atoms with van der Waals surface area (Å²) in [5.41, 5.74) is 2.23. The van der Waals surface area contributed by atoms with Gasteiger partial charge in [-0.1, -0.05) is 26.0 Å². The second-order valence-corrected chi connectivity index (χ2v) is 7.00. The Labute approximate surface area is 162 Å². The summed E-state index contributed by atoms with van der Waals surface area (Å²) in [6, 6.07) is 11.8. The highest BCUT2D eigenvalue weighted by atomic mass is 16.5. The van der Waals surface area contributed by atoms with Crippen molar-refractivity contribution in [3.05, 3.63) is 53.6 Å². The third-order valence-electron chi connectivity index (χ3n) is 4.58. The Hall–Kier alpha value is -3.35. The molecular formula is C21H22N2O5. The van der Waals surface area contributed by atoms with E-state index >= 15 is 0 Å². The number of carboxylic acids is 1. The minimum absolute atomic E-state index is 0.0509. The highest BCUT2D eigenvalue weighted by Crippen LogP contribution is 2.35. The van der Waals surface area contributed by atoms with Crippen molar-refractivity contribution in [3.63, 3.8) is 0 Å². The van der Waals surface area contributed by atoms with Crippen LogP contribution in [0.1, 0.15) is 42.6 Å². The number of aromatic carboxylic acids is 1.